The molecule has 0 atom stereocenters. The second kappa shape index (κ2) is 6.76. The molecule has 0 bridgehead atoms. The molecule has 0 radical (unpaired) electrons. The number of benzene rings is 1. The van der Waals surface area contributed by atoms with Gasteiger partial charge in [0.15, 0.2) is 0 Å². The van der Waals surface area contributed by atoms with Gasteiger partial charge in [0.25, 0.3) is 0 Å². The molecule has 18 heavy (non-hydrogen) atoms. The van der Waals surface area contributed by atoms with Crippen molar-refractivity contribution in [3.63, 3.8) is 0 Å². The van der Waals surface area contributed by atoms with Gasteiger partial charge in [0, 0.05) is 13.1 Å². The molecule has 0 aliphatic rings. The summed E-state index contributed by atoms with van der Waals surface area (Å²) >= 11 is 0. The summed E-state index contributed by atoms with van der Waals surface area (Å²) in [6, 6.07) is 7.07. The van der Waals surface area contributed by atoms with Gasteiger partial charge in [-0.3, -0.25) is 4.79 Å². The van der Waals surface area contributed by atoms with Gasteiger partial charge in [0.1, 0.15) is 0 Å². The Labute approximate surface area is 106 Å². The Morgan fingerprint density at radius 2 is 1.89 bits per heavy atom. The Morgan fingerprint density at radius 1 is 1.28 bits per heavy atom. The fourth-order valence-electron chi connectivity index (χ4n) is 1.54. The van der Waals surface area contributed by atoms with Crippen LogP contribution < -0.4 is 0 Å². The van der Waals surface area contributed by atoms with E-state index in [0.717, 1.165) is 5.56 Å². The van der Waals surface area contributed by atoms with Gasteiger partial charge in [-0.15, -0.1) is 0 Å². The number of aliphatic carboxylic acids is 1. The second-order valence-electron chi connectivity index (χ2n) is 4.07. The molecule has 0 aliphatic carbocycles. The van der Waals surface area contributed by atoms with E-state index in [4.69, 9.17) is 5.11 Å². The van der Waals surface area contributed by atoms with E-state index in [1.54, 1.807) is 12.1 Å². The van der Waals surface area contributed by atoms with E-state index in [2.05, 4.69) is 4.74 Å². The van der Waals surface area contributed by atoms with Gasteiger partial charge < -0.3 is 14.7 Å². The SMILES string of the molecule is COC(=O)c1ccc(CN(C)CCC(=O)O)cc1. The summed E-state index contributed by atoms with van der Waals surface area (Å²) in [5, 5.41) is 8.58. The van der Waals surface area contributed by atoms with Crippen LogP contribution in [0.25, 0.3) is 0 Å². The summed E-state index contributed by atoms with van der Waals surface area (Å²) in [5.74, 6) is -1.16. The van der Waals surface area contributed by atoms with Gasteiger partial charge in [-0.25, -0.2) is 4.79 Å². The highest BCUT2D eigenvalue weighted by molar-refractivity contribution is 5.89. The Morgan fingerprint density at radius 3 is 2.39 bits per heavy atom. The largest absolute Gasteiger partial charge is 0.481 e. The molecular weight excluding hydrogens is 234 g/mol. The topological polar surface area (TPSA) is 66.8 Å². The van der Waals surface area contributed by atoms with Crippen molar-refractivity contribution < 1.29 is 19.4 Å². The first-order valence-corrected chi connectivity index (χ1v) is 5.60. The molecule has 0 heterocycles. The molecule has 0 fully saturated rings. The van der Waals surface area contributed by atoms with Crippen LogP contribution in [0.15, 0.2) is 24.3 Å². The molecule has 98 valence electrons. The van der Waals surface area contributed by atoms with Gasteiger partial charge in [-0.05, 0) is 24.7 Å². The van der Waals surface area contributed by atoms with Crippen molar-refractivity contribution in [1.82, 2.24) is 4.90 Å². The number of rotatable bonds is 6. The minimum absolute atomic E-state index is 0.122. The van der Waals surface area contributed by atoms with Gasteiger partial charge in [-0.1, -0.05) is 12.1 Å². The van der Waals surface area contributed by atoms with E-state index in [1.165, 1.54) is 7.11 Å². The van der Waals surface area contributed by atoms with Crippen molar-refractivity contribution in [1.29, 1.82) is 0 Å². The molecule has 0 saturated carbocycles. The Hall–Kier alpha value is -1.88. The number of carboxylic acids is 1. The molecular formula is C13H17NO4. The maximum absolute atomic E-state index is 11.2. The third-order valence-electron chi connectivity index (χ3n) is 2.53. The molecule has 0 aliphatic heterocycles. The van der Waals surface area contributed by atoms with E-state index in [0.29, 0.717) is 18.7 Å². The van der Waals surface area contributed by atoms with E-state index >= 15 is 0 Å². The number of nitrogens with zero attached hydrogens (tertiary/aromatic N) is 1. The van der Waals surface area contributed by atoms with E-state index in [1.807, 2.05) is 24.1 Å². The van der Waals surface area contributed by atoms with Crippen LogP contribution in [0.5, 0.6) is 0 Å². The number of ether oxygens (including phenoxy) is 1. The molecule has 1 N–H and O–H groups in total. The predicted octanol–water partition coefficient (Wildman–Crippen LogP) is 1.38. The van der Waals surface area contributed by atoms with Crippen molar-refractivity contribution in [3.05, 3.63) is 35.4 Å². The van der Waals surface area contributed by atoms with E-state index in [-0.39, 0.29) is 12.4 Å². The Kier molecular flexibility index (Phi) is 5.32. The standard InChI is InChI=1S/C13H17NO4/c1-14(8-7-12(15)16)9-10-3-5-11(6-4-10)13(17)18-2/h3-6H,7-9H2,1-2H3,(H,15,16). The van der Waals surface area contributed by atoms with E-state index < -0.39 is 5.97 Å². The van der Waals surface area contributed by atoms with Crippen LogP contribution in [0, 0.1) is 0 Å². The van der Waals surface area contributed by atoms with Crippen LogP contribution in [0.1, 0.15) is 22.3 Å². The number of hydrogen-bond acceptors (Lipinski definition) is 4. The van der Waals surface area contributed by atoms with Crippen LogP contribution in [0.4, 0.5) is 0 Å². The van der Waals surface area contributed by atoms with Gasteiger partial charge in [0.05, 0.1) is 19.1 Å². The fourth-order valence-corrected chi connectivity index (χ4v) is 1.54. The molecule has 0 unspecified atom stereocenters. The van der Waals surface area contributed by atoms with Crippen molar-refractivity contribution in [2.75, 3.05) is 20.7 Å². The molecule has 0 saturated heterocycles. The van der Waals surface area contributed by atoms with Crippen LogP contribution in [-0.2, 0) is 16.1 Å². The minimum Gasteiger partial charge on any atom is -0.481 e. The lowest BCUT2D eigenvalue weighted by atomic mass is 10.1. The highest BCUT2D eigenvalue weighted by Crippen LogP contribution is 2.08. The molecule has 5 heteroatoms. The number of esters is 1. The lowest BCUT2D eigenvalue weighted by Gasteiger charge is -2.15. The van der Waals surface area contributed by atoms with Crippen LogP contribution in [0.2, 0.25) is 0 Å². The normalized spacial score (nSPS) is 10.4. The van der Waals surface area contributed by atoms with Crippen molar-refractivity contribution in [3.8, 4) is 0 Å². The smallest absolute Gasteiger partial charge is 0.337 e. The third kappa shape index (κ3) is 4.55. The summed E-state index contributed by atoms with van der Waals surface area (Å²) in [6.07, 6.45) is 0.122. The first kappa shape index (κ1) is 14.2. The number of carbonyl (C=O) groups excluding carboxylic acids is 1. The summed E-state index contributed by atoms with van der Waals surface area (Å²) in [4.78, 5) is 23.6. The fraction of sp³-hybridized carbons (Fsp3) is 0.385. The second-order valence-corrected chi connectivity index (χ2v) is 4.07. The molecule has 1 aromatic rings. The first-order chi connectivity index (χ1) is 8.52. The number of carbonyl (C=O) groups is 2. The number of methoxy groups -OCH3 is 1. The lowest BCUT2D eigenvalue weighted by Crippen LogP contribution is -2.21. The Balaban J connectivity index is 2.53. The summed E-state index contributed by atoms with van der Waals surface area (Å²) < 4.78 is 4.61. The quantitative estimate of drug-likeness (QED) is 0.774. The molecule has 5 nitrogen and oxygen atoms in total. The molecule has 1 aromatic carbocycles. The molecule has 1 rings (SSSR count). The monoisotopic (exact) mass is 251 g/mol. The highest BCUT2D eigenvalue weighted by atomic mass is 16.5. The maximum Gasteiger partial charge on any atom is 0.337 e. The van der Waals surface area contributed by atoms with Crippen LogP contribution in [-0.4, -0.2) is 42.6 Å². The molecule has 0 aromatic heterocycles. The summed E-state index contributed by atoms with van der Waals surface area (Å²) in [6.45, 7) is 1.14. The average molecular weight is 251 g/mol. The maximum atomic E-state index is 11.2. The van der Waals surface area contributed by atoms with Crippen molar-refractivity contribution in [2.45, 2.75) is 13.0 Å². The average Bonchev–Trinajstić information content (AvgIpc) is 2.36. The first-order valence-electron chi connectivity index (χ1n) is 5.60. The summed E-state index contributed by atoms with van der Waals surface area (Å²) in [5.41, 5.74) is 1.53. The van der Waals surface area contributed by atoms with Gasteiger partial charge in [0.2, 0.25) is 0 Å². The zero-order valence-corrected chi connectivity index (χ0v) is 10.5. The minimum atomic E-state index is -0.803. The predicted molar refractivity (Wildman–Crippen MR) is 66.4 cm³/mol. The zero-order valence-electron chi connectivity index (χ0n) is 10.5. The summed E-state index contributed by atoms with van der Waals surface area (Å²) in [7, 11) is 3.20. The third-order valence-corrected chi connectivity index (χ3v) is 2.53. The van der Waals surface area contributed by atoms with E-state index in [9.17, 15) is 9.59 Å². The van der Waals surface area contributed by atoms with Gasteiger partial charge >= 0.3 is 11.9 Å². The van der Waals surface area contributed by atoms with Crippen molar-refractivity contribution >= 4 is 11.9 Å². The molecule has 0 amide bonds. The zero-order chi connectivity index (χ0) is 13.5. The van der Waals surface area contributed by atoms with Crippen LogP contribution in [0.3, 0.4) is 0 Å². The number of hydrogen-bond donors (Lipinski definition) is 1. The van der Waals surface area contributed by atoms with Crippen LogP contribution >= 0.6 is 0 Å². The lowest BCUT2D eigenvalue weighted by molar-refractivity contribution is -0.137. The molecule has 0 spiro atoms. The van der Waals surface area contributed by atoms with Crippen molar-refractivity contribution in [2.24, 2.45) is 0 Å². The number of carboxylic acid groups (broad SMARTS) is 1. The Bertz CT molecular complexity index is 414. The highest BCUT2D eigenvalue weighted by Gasteiger charge is 2.06. The van der Waals surface area contributed by atoms with Gasteiger partial charge in [-0.2, -0.15) is 0 Å².